The molecule has 0 bridgehead atoms. The van der Waals surface area contributed by atoms with Crippen molar-refractivity contribution in [2.24, 2.45) is 0 Å². The van der Waals surface area contributed by atoms with Crippen LogP contribution in [0.5, 0.6) is 5.75 Å². The second kappa shape index (κ2) is 8.64. The average molecular weight is 366 g/mol. The van der Waals surface area contributed by atoms with Gasteiger partial charge >= 0.3 is 11.9 Å². The summed E-state index contributed by atoms with van der Waals surface area (Å²) in [5.41, 5.74) is 4.73. The van der Waals surface area contributed by atoms with Crippen LogP contribution in [0.3, 0.4) is 0 Å². The maximum Gasteiger partial charge on any atom is 0.335 e. The van der Waals surface area contributed by atoms with Crippen molar-refractivity contribution in [3.05, 3.63) is 66.2 Å². The molecule has 2 aromatic carbocycles. The summed E-state index contributed by atoms with van der Waals surface area (Å²) in [5, 5.41) is 8.88. The summed E-state index contributed by atoms with van der Waals surface area (Å²) in [6.07, 6.45) is 3.44. The van der Waals surface area contributed by atoms with Gasteiger partial charge < -0.3 is 14.6 Å². The summed E-state index contributed by atoms with van der Waals surface area (Å²) in [6, 6.07) is 14.1. The molecule has 1 aliphatic heterocycles. The molecule has 1 heterocycles. The number of carbonyl (C=O) groups excluding carboxylic acids is 2. The molecule has 27 heavy (non-hydrogen) atoms. The Labute approximate surface area is 158 Å². The Morgan fingerprint density at radius 3 is 2.74 bits per heavy atom. The van der Waals surface area contributed by atoms with E-state index < -0.39 is 18.0 Å². The smallest absolute Gasteiger partial charge is 0.335 e. The molecule has 5 nitrogen and oxygen atoms in total. The lowest BCUT2D eigenvalue weighted by molar-refractivity contribution is -0.152. The quantitative estimate of drug-likeness (QED) is 0.427. The van der Waals surface area contributed by atoms with E-state index in [0.717, 1.165) is 30.4 Å². The Kier molecular flexibility index (Phi) is 6.04. The number of aliphatic hydroxyl groups excluding tert-OH is 1. The molecular formula is C22H22O5. The first-order valence-electron chi connectivity index (χ1n) is 8.99. The molecule has 140 valence electrons. The number of fused-ring (bicyclic) bond motifs is 3. The maximum absolute atomic E-state index is 11.3. The second-order valence-corrected chi connectivity index (χ2v) is 6.42. The van der Waals surface area contributed by atoms with Crippen molar-refractivity contribution in [1.82, 2.24) is 0 Å². The molecule has 0 amide bonds. The lowest BCUT2D eigenvalue weighted by Crippen LogP contribution is -2.20. The predicted molar refractivity (Wildman–Crippen MR) is 101 cm³/mol. The Bertz CT molecular complexity index is 856. The van der Waals surface area contributed by atoms with Gasteiger partial charge in [0, 0.05) is 18.1 Å². The van der Waals surface area contributed by atoms with Crippen molar-refractivity contribution in [2.45, 2.75) is 31.8 Å². The molecule has 1 saturated heterocycles. The first kappa shape index (κ1) is 18.9. The van der Waals surface area contributed by atoms with E-state index in [1.165, 1.54) is 17.2 Å². The van der Waals surface area contributed by atoms with E-state index >= 15 is 0 Å². The van der Waals surface area contributed by atoms with Crippen molar-refractivity contribution in [2.75, 3.05) is 6.61 Å². The summed E-state index contributed by atoms with van der Waals surface area (Å²) in [7, 11) is 0. The normalized spacial score (nSPS) is 17.4. The fourth-order valence-electron chi connectivity index (χ4n) is 3.20. The zero-order valence-corrected chi connectivity index (χ0v) is 15.0. The molecular weight excluding hydrogens is 344 g/mol. The van der Waals surface area contributed by atoms with Gasteiger partial charge in [0.15, 0.2) is 6.10 Å². The fraction of sp³-hybridized carbons (Fsp3) is 0.273. The number of cyclic esters (lactones) is 1. The van der Waals surface area contributed by atoms with Crippen molar-refractivity contribution in [1.29, 1.82) is 0 Å². The largest absolute Gasteiger partial charge is 0.464 e. The highest BCUT2D eigenvalue weighted by Gasteiger charge is 2.22. The lowest BCUT2D eigenvalue weighted by atomic mass is 10.1. The van der Waals surface area contributed by atoms with Crippen LogP contribution in [0, 0.1) is 0 Å². The highest BCUT2D eigenvalue weighted by molar-refractivity contribution is 5.85. The molecule has 5 heteroatoms. The molecule has 2 aliphatic rings. The van der Waals surface area contributed by atoms with Gasteiger partial charge in [0.25, 0.3) is 0 Å². The standard InChI is InChI=1S/C16H12O2.C6H10O3/c1-2-16(17)18-15-9-5-8-13-12-7-4-3-6-11(12)10-14(13)15;7-5-3-1-2-4-9-6(5)8/h2-9H,1,10H2;5,7H,1-4H2. The van der Waals surface area contributed by atoms with Crippen LogP contribution >= 0.6 is 0 Å². The monoisotopic (exact) mass is 366 g/mol. The molecule has 1 atom stereocenters. The average Bonchev–Trinajstić information content (AvgIpc) is 2.97. The molecule has 2 aromatic rings. The van der Waals surface area contributed by atoms with Crippen molar-refractivity contribution in [3.63, 3.8) is 0 Å². The SMILES string of the molecule is C=CC(=O)Oc1cccc2c1Cc1ccccc1-2.O=C1OCCCCC1O. The van der Waals surface area contributed by atoms with Gasteiger partial charge in [-0.2, -0.15) is 0 Å². The summed E-state index contributed by atoms with van der Waals surface area (Å²) < 4.78 is 9.91. The van der Waals surface area contributed by atoms with Gasteiger partial charge in [-0.15, -0.1) is 0 Å². The number of ether oxygens (including phenoxy) is 2. The molecule has 1 aliphatic carbocycles. The summed E-state index contributed by atoms with van der Waals surface area (Å²) in [5.74, 6) is -0.250. The Hall–Kier alpha value is -2.92. The lowest BCUT2D eigenvalue weighted by Gasteiger charge is -2.07. The van der Waals surface area contributed by atoms with Gasteiger partial charge in [0.2, 0.25) is 0 Å². The minimum absolute atomic E-state index is 0.417. The summed E-state index contributed by atoms with van der Waals surface area (Å²) in [6.45, 7) is 3.88. The van der Waals surface area contributed by atoms with E-state index in [0.29, 0.717) is 18.8 Å². The fourth-order valence-corrected chi connectivity index (χ4v) is 3.20. The summed E-state index contributed by atoms with van der Waals surface area (Å²) in [4.78, 5) is 21.9. The minimum Gasteiger partial charge on any atom is -0.464 e. The minimum atomic E-state index is -0.868. The van der Waals surface area contributed by atoms with E-state index in [1.54, 1.807) is 0 Å². The highest BCUT2D eigenvalue weighted by atomic mass is 16.5. The number of carbonyl (C=O) groups is 2. The second-order valence-electron chi connectivity index (χ2n) is 6.42. The van der Waals surface area contributed by atoms with Crippen LogP contribution in [-0.2, 0) is 20.7 Å². The first-order chi connectivity index (χ1) is 13.1. The van der Waals surface area contributed by atoms with Gasteiger partial charge in [-0.3, -0.25) is 0 Å². The van der Waals surface area contributed by atoms with Crippen molar-refractivity contribution < 1.29 is 24.2 Å². The Morgan fingerprint density at radius 1 is 1.15 bits per heavy atom. The number of hydrogen-bond donors (Lipinski definition) is 1. The first-order valence-corrected chi connectivity index (χ1v) is 8.99. The van der Waals surface area contributed by atoms with Crippen LogP contribution in [-0.4, -0.2) is 29.8 Å². The molecule has 0 spiro atoms. The van der Waals surface area contributed by atoms with E-state index in [1.807, 2.05) is 24.3 Å². The van der Waals surface area contributed by atoms with Crippen molar-refractivity contribution >= 4 is 11.9 Å². The number of hydrogen-bond acceptors (Lipinski definition) is 5. The van der Waals surface area contributed by atoms with Gasteiger partial charge in [-0.05, 0) is 42.0 Å². The van der Waals surface area contributed by atoms with E-state index in [2.05, 4.69) is 29.5 Å². The van der Waals surface area contributed by atoms with Gasteiger partial charge in [-0.25, -0.2) is 9.59 Å². The zero-order valence-electron chi connectivity index (χ0n) is 15.0. The topological polar surface area (TPSA) is 72.8 Å². The number of rotatable bonds is 2. The number of aliphatic hydroxyl groups is 1. The number of esters is 2. The van der Waals surface area contributed by atoms with E-state index in [-0.39, 0.29) is 0 Å². The molecule has 1 fully saturated rings. The van der Waals surface area contributed by atoms with Crippen LogP contribution in [0.1, 0.15) is 30.4 Å². The molecule has 0 saturated carbocycles. The third-order valence-corrected chi connectivity index (χ3v) is 4.57. The zero-order chi connectivity index (χ0) is 19.2. The number of benzene rings is 2. The molecule has 1 unspecified atom stereocenters. The Balaban J connectivity index is 0.000000197. The van der Waals surface area contributed by atoms with Gasteiger partial charge in [0.1, 0.15) is 5.75 Å². The van der Waals surface area contributed by atoms with Crippen LogP contribution in [0.25, 0.3) is 11.1 Å². The van der Waals surface area contributed by atoms with Crippen molar-refractivity contribution in [3.8, 4) is 16.9 Å². The van der Waals surface area contributed by atoms with Crippen LogP contribution < -0.4 is 4.74 Å². The summed E-state index contributed by atoms with van der Waals surface area (Å²) >= 11 is 0. The highest BCUT2D eigenvalue weighted by Crippen LogP contribution is 2.40. The van der Waals surface area contributed by atoms with E-state index in [9.17, 15) is 9.59 Å². The van der Waals surface area contributed by atoms with Crippen LogP contribution in [0.4, 0.5) is 0 Å². The predicted octanol–water partition coefficient (Wildman–Crippen LogP) is 3.42. The van der Waals surface area contributed by atoms with Gasteiger partial charge in [-0.1, -0.05) is 43.0 Å². The molecule has 4 rings (SSSR count). The molecule has 0 aromatic heterocycles. The van der Waals surface area contributed by atoms with Gasteiger partial charge in [0.05, 0.1) is 6.61 Å². The third-order valence-electron chi connectivity index (χ3n) is 4.57. The Morgan fingerprint density at radius 2 is 1.93 bits per heavy atom. The maximum atomic E-state index is 11.3. The third kappa shape index (κ3) is 4.44. The van der Waals surface area contributed by atoms with Crippen LogP contribution in [0.2, 0.25) is 0 Å². The van der Waals surface area contributed by atoms with E-state index in [4.69, 9.17) is 9.84 Å². The molecule has 1 N–H and O–H groups in total. The molecule has 0 radical (unpaired) electrons. The van der Waals surface area contributed by atoms with Crippen LogP contribution in [0.15, 0.2) is 55.1 Å².